The van der Waals surface area contributed by atoms with Gasteiger partial charge in [-0.15, -0.1) is 0 Å². The number of halogens is 1. The summed E-state index contributed by atoms with van der Waals surface area (Å²) in [5, 5.41) is 3.08. The van der Waals surface area contributed by atoms with Crippen LogP contribution in [0.1, 0.15) is 24.6 Å². The Balaban J connectivity index is 2.15. The van der Waals surface area contributed by atoms with Gasteiger partial charge in [0.2, 0.25) is 5.89 Å². The molecule has 0 aliphatic rings. The molecule has 0 aliphatic carbocycles. The summed E-state index contributed by atoms with van der Waals surface area (Å²) in [6.45, 7) is 3.70. The van der Waals surface area contributed by atoms with Gasteiger partial charge in [-0.25, -0.2) is 9.37 Å². The highest BCUT2D eigenvalue weighted by atomic mass is 19.1. The summed E-state index contributed by atoms with van der Waals surface area (Å²) >= 11 is 0. The van der Waals surface area contributed by atoms with Gasteiger partial charge in [-0.05, 0) is 32.0 Å². The van der Waals surface area contributed by atoms with Gasteiger partial charge in [0.05, 0.1) is 6.20 Å². The predicted molar refractivity (Wildman–Crippen MR) is 64.1 cm³/mol. The number of nitrogens with one attached hydrogen (secondary N) is 1. The fourth-order valence-electron chi connectivity index (χ4n) is 1.58. The van der Waals surface area contributed by atoms with E-state index in [1.165, 1.54) is 12.1 Å². The van der Waals surface area contributed by atoms with Gasteiger partial charge in [-0.3, -0.25) is 0 Å². The van der Waals surface area contributed by atoms with Crippen LogP contribution in [0.4, 0.5) is 15.8 Å². The van der Waals surface area contributed by atoms with Gasteiger partial charge in [-0.2, -0.15) is 0 Å². The fraction of sp³-hybridized carbons (Fsp3) is 0.250. The molecule has 2 aromatic rings. The molecule has 0 amide bonds. The van der Waals surface area contributed by atoms with Crippen LogP contribution in [-0.4, -0.2) is 4.98 Å². The molecule has 2 rings (SSSR count). The minimum atomic E-state index is -0.372. The van der Waals surface area contributed by atoms with Crippen LogP contribution in [0.5, 0.6) is 0 Å². The third kappa shape index (κ3) is 2.75. The van der Waals surface area contributed by atoms with Gasteiger partial charge in [0.25, 0.3) is 0 Å². The first-order valence-electron chi connectivity index (χ1n) is 5.29. The normalized spacial score (nSPS) is 12.4. The van der Waals surface area contributed by atoms with Crippen LogP contribution in [0.3, 0.4) is 0 Å². The standard InChI is InChI=1S/C12H14FN3O/c1-7-6-15-12(17-7)8(2)16-11-4-9(13)3-10(14)5-11/h3-6,8,16H,14H2,1-2H3. The Morgan fingerprint density at radius 1 is 1.41 bits per heavy atom. The van der Waals surface area contributed by atoms with Crippen molar-refractivity contribution >= 4 is 11.4 Å². The lowest BCUT2D eigenvalue weighted by atomic mass is 10.2. The second-order valence-electron chi connectivity index (χ2n) is 3.95. The highest BCUT2D eigenvalue weighted by molar-refractivity contribution is 5.55. The summed E-state index contributed by atoms with van der Waals surface area (Å²) in [4.78, 5) is 4.10. The number of benzene rings is 1. The Bertz CT molecular complexity index is 504. The second kappa shape index (κ2) is 4.45. The fourth-order valence-corrected chi connectivity index (χ4v) is 1.58. The number of aryl methyl sites for hydroxylation is 1. The van der Waals surface area contributed by atoms with Crippen LogP contribution in [0, 0.1) is 12.7 Å². The number of hydrogen-bond donors (Lipinski definition) is 2. The molecule has 0 spiro atoms. The maximum absolute atomic E-state index is 13.1. The summed E-state index contributed by atoms with van der Waals surface area (Å²) in [5.41, 5.74) is 6.54. The molecule has 1 aromatic heterocycles. The number of hydrogen-bond acceptors (Lipinski definition) is 4. The number of anilines is 2. The molecule has 4 nitrogen and oxygen atoms in total. The molecule has 5 heteroatoms. The Morgan fingerprint density at radius 3 is 2.76 bits per heavy atom. The quantitative estimate of drug-likeness (QED) is 0.803. The maximum Gasteiger partial charge on any atom is 0.216 e. The van der Waals surface area contributed by atoms with Gasteiger partial charge < -0.3 is 15.5 Å². The zero-order valence-corrected chi connectivity index (χ0v) is 9.70. The third-order valence-electron chi connectivity index (χ3n) is 2.31. The lowest BCUT2D eigenvalue weighted by Crippen LogP contribution is -2.07. The summed E-state index contributed by atoms with van der Waals surface area (Å²) in [6.07, 6.45) is 1.65. The Kier molecular flexibility index (Phi) is 2.99. The van der Waals surface area contributed by atoms with Gasteiger partial charge in [0.15, 0.2) is 0 Å². The molecule has 1 heterocycles. The molecule has 0 aliphatic heterocycles. The molecule has 0 bridgehead atoms. The largest absolute Gasteiger partial charge is 0.444 e. The van der Waals surface area contributed by atoms with Crippen LogP contribution in [0.2, 0.25) is 0 Å². The lowest BCUT2D eigenvalue weighted by Gasteiger charge is -2.12. The molecule has 17 heavy (non-hydrogen) atoms. The lowest BCUT2D eigenvalue weighted by molar-refractivity contribution is 0.453. The van der Waals surface area contributed by atoms with Crippen molar-refractivity contribution in [2.24, 2.45) is 0 Å². The highest BCUT2D eigenvalue weighted by Gasteiger charge is 2.11. The van der Waals surface area contributed by atoms with Crippen molar-refractivity contribution in [1.29, 1.82) is 0 Å². The van der Waals surface area contributed by atoms with Crippen LogP contribution < -0.4 is 11.1 Å². The molecule has 90 valence electrons. The van der Waals surface area contributed by atoms with Crippen molar-refractivity contribution in [2.45, 2.75) is 19.9 Å². The minimum Gasteiger partial charge on any atom is -0.444 e. The zero-order chi connectivity index (χ0) is 12.4. The van der Waals surface area contributed by atoms with Gasteiger partial charge in [-0.1, -0.05) is 0 Å². The van der Waals surface area contributed by atoms with Crippen LogP contribution in [-0.2, 0) is 0 Å². The molecular weight excluding hydrogens is 221 g/mol. The molecular formula is C12H14FN3O. The van der Waals surface area contributed by atoms with Crippen molar-refractivity contribution < 1.29 is 8.81 Å². The van der Waals surface area contributed by atoms with Gasteiger partial charge >= 0.3 is 0 Å². The Hall–Kier alpha value is -2.04. The first-order chi connectivity index (χ1) is 8.04. The van der Waals surface area contributed by atoms with E-state index in [4.69, 9.17) is 10.2 Å². The van der Waals surface area contributed by atoms with E-state index >= 15 is 0 Å². The Labute approximate surface area is 98.7 Å². The average molecular weight is 235 g/mol. The average Bonchev–Trinajstić information content (AvgIpc) is 2.63. The van der Waals surface area contributed by atoms with Crippen LogP contribution >= 0.6 is 0 Å². The van der Waals surface area contributed by atoms with E-state index in [0.717, 1.165) is 5.76 Å². The number of nitrogens with two attached hydrogens (primary N) is 1. The van der Waals surface area contributed by atoms with Crippen molar-refractivity contribution in [3.63, 3.8) is 0 Å². The molecule has 0 saturated heterocycles. The van der Waals surface area contributed by atoms with Gasteiger partial charge in [0, 0.05) is 11.4 Å². The third-order valence-corrected chi connectivity index (χ3v) is 2.31. The van der Waals surface area contributed by atoms with Crippen LogP contribution in [0.15, 0.2) is 28.8 Å². The number of aromatic nitrogens is 1. The molecule has 3 N–H and O–H groups in total. The second-order valence-corrected chi connectivity index (χ2v) is 3.95. The molecule has 1 aromatic carbocycles. The molecule has 1 atom stereocenters. The summed E-state index contributed by atoms with van der Waals surface area (Å²) in [7, 11) is 0. The van der Waals surface area contributed by atoms with E-state index in [9.17, 15) is 4.39 Å². The van der Waals surface area contributed by atoms with E-state index in [1.54, 1.807) is 12.3 Å². The van der Waals surface area contributed by atoms with E-state index in [1.807, 2.05) is 13.8 Å². The summed E-state index contributed by atoms with van der Waals surface area (Å²) < 4.78 is 18.5. The Morgan fingerprint density at radius 2 is 2.18 bits per heavy atom. The minimum absolute atomic E-state index is 0.148. The van der Waals surface area contributed by atoms with Gasteiger partial charge in [0.1, 0.15) is 17.6 Å². The smallest absolute Gasteiger partial charge is 0.216 e. The van der Waals surface area contributed by atoms with E-state index in [2.05, 4.69) is 10.3 Å². The van der Waals surface area contributed by atoms with E-state index in [-0.39, 0.29) is 11.9 Å². The summed E-state index contributed by atoms with van der Waals surface area (Å²) in [5.74, 6) is 0.932. The van der Waals surface area contributed by atoms with Crippen LogP contribution in [0.25, 0.3) is 0 Å². The molecule has 0 saturated carbocycles. The number of rotatable bonds is 3. The zero-order valence-electron chi connectivity index (χ0n) is 9.70. The van der Waals surface area contributed by atoms with E-state index in [0.29, 0.717) is 17.3 Å². The highest BCUT2D eigenvalue weighted by Crippen LogP contribution is 2.21. The molecule has 0 radical (unpaired) electrons. The first-order valence-corrected chi connectivity index (χ1v) is 5.29. The predicted octanol–water partition coefficient (Wildman–Crippen LogP) is 2.88. The number of nitrogen functional groups attached to an aromatic ring is 1. The SMILES string of the molecule is Cc1cnc(C(C)Nc2cc(N)cc(F)c2)o1. The molecule has 0 fully saturated rings. The topological polar surface area (TPSA) is 64.1 Å². The maximum atomic E-state index is 13.1. The monoisotopic (exact) mass is 235 g/mol. The van der Waals surface area contributed by atoms with Crippen molar-refractivity contribution in [3.8, 4) is 0 Å². The number of oxazole rings is 1. The first kappa shape index (κ1) is 11.4. The van der Waals surface area contributed by atoms with Crippen molar-refractivity contribution in [3.05, 3.63) is 41.9 Å². The van der Waals surface area contributed by atoms with E-state index < -0.39 is 0 Å². The molecule has 1 unspecified atom stereocenters. The summed E-state index contributed by atoms with van der Waals surface area (Å²) in [6, 6.07) is 4.16. The van der Waals surface area contributed by atoms with Crippen molar-refractivity contribution in [2.75, 3.05) is 11.1 Å². The number of nitrogens with zero attached hydrogens (tertiary/aromatic N) is 1. The van der Waals surface area contributed by atoms with Crippen molar-refractivity contribution in [1.82, 2.24) is 4.98 Å².